The van der Waals surface area contributed by atoms with Crippen LogP contribution >= 0.6 is 24.0 Å². The van der Waals surface area contributed by atoms with Gasteiger partial charge in [0.1, 0.15) is 11.5 Å². The van der Waals surface area contributed by atoms with Crippen molar-refractivity contribution in [1.82, 2.24) is 4.68 Å². The summed E-state index contributed by atoms with van der Waals surface area (Å²) in [5, 5.41) is 1.53. The molecule has 0 atom stereocenters. The van der Waals surface area contributed by atoms with E-state index in [1.807, 2.05) is 49.7 Å². The number of thioether (sulfide) groups is 1. The van der Waals surface area contributed by atoms with E-state index in [-0.39, 0.29) is 5.91 Å². The molecule has 1 saturated heterocycles. The second kappa shape index (κ2) is 5.20. The third-order valence-electron chi connectivity index (χ3n) is 3.24. The lowest BCUT2D eigenvalue weighted by Gasteiger charge is -2.20. The third-order valence-corrected chi connectivity index (χ3v) is 4.52. The van der Waals surface area contributed by atoms with Crippen molar-refractivity contribution < 1.29 is 9.21 Å². The van der Waals surface area contributed by atoms with Crippen LogP contribution in [0.1, 0.15) is 22.9 Å². The Hall–Kier alpha value is -1.79. The number of thiocarbonyl (C=S) groups is 1. The largest absolute Gasteiger partial charge is 0.462 e. The summed E-state index contributed by atoms with van der Waals surface area (Å²) in [6, 6.07) is 7.64. The van der Waals surface area contributed by atoms with E-state index in [1.54, 1.807) is 6.08 Å². The lowest BCUT2D eigenvalue weighted by Crippen LogP contribution is -2.39. The summed E-state index contributed by atoms with van der Waals surface area (Å²) in [4.78, 5) is 13.2. The Balaban J connectivity index is 1.98. The van der Waals surface area contributed by atoms with Crippen LogP contribution in [-0.4, -0.2) is 14.9 Å². The maximum atomic E-state index is 12.6. The highest BCUT2D eigenvalue weighted by atomic mass is 32.2. The number of furan rings is 1. The molecule has 3 rings (SSSR count). The Morgan fingerprint density at radius 2 is 1.81 bits per heavy atom. The Labute approximate surface area is 132 Å². The van der Waals surface area contributed by atoms with Crippen molar-refractivity contribution in [1.29, 1.82) is 0 Å². The molecule has 0 aliphatic carbocycles. The fourth-order valence-electron chi connectivity index (χ4n) is 2.27. The monoisotopic (exact) mass is 318 g/mol. The molecular formula is C15H14N2O2S2. The van der Waals surface area contributed by atoms with Gasteiger partial charge in [-0.15, -0.1) is 0 Å². The van der Waals surface area contributed by atoms with E-state index in [1.165, 1.54) is 16.8 Å². The first kappa shape index (κ1) is 14.2. The molecule has 0 unspecified atom stereocenters. The topological polar surface area (TPSA) is 38.4 Å². The highest BCUT2D eigenvalue weighted by Crippen LogP contribution is 2.32. The summed E-state index contributed by atoms with van der Waals surface area (Å²) in [6.45, 7) is 5.77. The van der Waals surface area contributed by atoms with Crippen molar-refractivity contribution in [3.8, 4) is 0 Å². The van der Waals surface area contributed by atoms with Gasteiger partial charge >= 0.3 is 0 Å². The first-order valence-corrected chi connectivity index (χ1v) is 7.69. The standard InChI is InChI=1S/C15H14N2O2S2/c1-9-4-5-10(2)16(9)17-14(18)13(21-15(17)20)8-12-7-6-11(3)19-12/h4-8H,1-3H3/b13-8+. The minimum absolute atomic E-state index is 0.124. The summed E-state index contributed by atoms with van der Waals surface area (Å²) >= 11 is 6.65. The van der Waals surface area contributed by atoms with Crippen molar-refractivity contribution in [2.45, 2.75) is 20.8 Å². The van der Waals surface area contributed by atoms with Crippen LogP contribution in [0.5, 0.6) is 0 Å². The van der Waals surface area contributed by atoms with Gasteiger partial charge in [0.05, 0.1) is 4.91 Å². The average molecular weight is 318 g/mol. The van der Waals surface area contributed by atoms with Gasteiger partial charge < -0.3 is 4.42 Å². The van der Waals surface area contributed by atoms with Crippen molar-refractivity contribution >= 4 is 40.3 Å². The van der Waals surface area contributed by atoms with Crippen molar-refractivity contribution in [3.63, 3.8) is 0 Å². The van der Waals surface area contributed by atoms with Gasteiger partial charge in [-0.2, -0.15) is 5.01 Å². The molecule has 108 valence electrons. The van der Waals surface area contributed by atoms with Crippen LogP contribution in [0.4, 0.5) is 0 Å². The molecule has 1 aliphatic heterocycles. The van der Waals surface area contributed by atoms with E-state index >= 15 is 0 Å². The van der Waals surface area contributed by atoms with Gasteiger partial charge in [0, 0.05) is 17.5 Å². The van der Waals surface area contributed by atoms with E-state index in [0.29, 0.717) is 15.0 Å². The van der Waals surface area contributed by atoms with Crippen LogP contribution in [0.25, 0.3) is 6.08 Å². The van der Waals surface area contributed by atoms with Gasteiger partial charge in [0.2, 0.25) is 0 Å². The molecule has 2 aromatic rings. The molecule has 6 heteroatoms. The summed E-state index contributed by atoms with van der Waals surface area (Å²) in [6.07, 6.45) is 1.74. The first-order valence-electron chi connectivity index (χ1n) is 6.47. The van der Waals surface area contributed by atoms with Crippen molar-refractivity contribution in [3.05, 3.63) is 52.1 Å². The molecular weight excluding hydrogens is 304 g/mol. The van der Waals surface area contributed by atoms with Crippen molar-refractivity contribution in [2.24, 2.45) is 0 Å². The van der Waals surface area contributed by atoms with Gasteiger partial charge in [-0.1, -0.05) is 11.8 Å². The second-order valence-corrected chi connectivity index (χ2v) is 6.55. The average Bonchev–Trinajstić information content (AvgIpc) is 3.05. The molecule has 3 heterocycles. The zero-order valence-electron chi connectivity index (χ0n) is 11.9. The lowest BCUT2D eigenvalue weighted by molar-refractivity contribution is -0.114. The Bertz CT molecular complexity index is 751. The van der Waals surface area contributed by atoms with Gasteiger partial charge in [0.15, 0.2) is 4.32 Å². The Morgan fingerprint density at radius 3 is 2.38 bits per heavy atom. The molecule has 1 aliphatic rings. The molecule has 0 spiro atoms. The maximum absolute atomic E-state index is 12.6. The SMILES string of the molecule is Cc1ccc(/C=C2/SC(=S)N(n3c(C)ccc3C)C2=O)o1. The Kier molecular flexibility index (Phi) is 3.51. The molecule has 4 nitrogen and oxygen atoms in total. The van der Waals surface area contributed by atoms with Crippen LogP contribution in [0.2, 0.25) is 0 Å². The maximum Gasteiger partial charge on any atom is 0.285 e. The van der Waals surface area contributed by atoms with Crippen LogP contribution in [0, 0.1) is 20.8 Å². The minimum atomic E-state index is -0.124. The molecule has 0 saturated carbocycles. The molecule has 21 heavy (non-hydrogen) atoms. The highest BCUT2D eigenvalue weighted by Gasteiger charge is 2.34. The quantitative estimate of drug-likeness (QED) is 0.627. The summed E-state index contributed by atoms with van der Waals surface area (Å²) < 4.78 is 7.86. The normalized spacial score (nSPS) is 17.3. The number of hydrogen-bond donors (Lipinski definition) is 0. The number of amides is 1. The van der Waals surface area contributed by atoms with Gasteiger partial charge in [-0.25, -0.2) is 0 Å². The van der Waals surface area contributed by atoms with Gasteiger partial charge in [0.25, 0.3) is 5.91 Å². The number of nitrogens with zero attached hydrogens (tertiary/aromatic N) is 2. The number of aromatic nitrogens is 1. The van der Waals surface area contributed by atoms with E-state index in [0.717, 1.165) is 17.1 Å². The highest BCUT2D eigenvalue weighted by molar-refractivity contribution is 8.27. The predicted octanol–water partition coefficient (Wildman–Crippen LogP) is 3.54. The molecule has 1 amide bonds. The predicted molar refractivity (Wildman–Crippen MR) is 88.7 cm³/mol. The fraction of sp³-hybridized carbons (Fsp3) is 0.200. The number of hydrogen-bond acceptors (Lipinski definition) is 4. The smallest absolute Gasteiger partial charge is 0.285 e. The van der Waals surface area contributed by atoms with Gasteiger partial charge in [-0.3, -0.25) is 9.47 Å². The van der Waals surface area contributed by atoms with Gasteiger partial charge in [-0.05, 0) is 57.3 Å². The zero-order chi connectivity index (χ0) is 15.1. The second-order valence-electron chi connectivity index (χ2n) is 4.87. The molecule has 0 aromatic carbocycles. The summed E-state index contributed by atoms with van der Waals surface area (Å²) in [5.41, 5.74) is 1.94. The summed E-state index contributed by atoms with van der Waals surface area (Å²) in [7, 11) is 0. The molecule has 0 N–H and O–H groups in total. The number of carbonyl (C=O) groups is 1. The first-order chi connectivity index (χ1) is 9.97. The fourth-order valence-corrected chi connectivity index (χ4v) is 3.49. The number of aryl methyl sites for hydroxylation is 3. The number of rotatable bonds is 2. The Morgan fingerprint density at radius 1 is 1.14 bits per heavy atom. The zero-order valence-corrected chi connectivity index (χ0v) is 13.5. The van der Waals surface area contributed by atoms with E-state index in [2.05, 4.69) is 0 Å². The van der Waals surface area contributed by atoms with Crippen LogP contribution in [0.3, 0.4) is 0 Å². The molecule has 0 radical (unpaired) electrons. The molecule has 0 bridgehead atoms. The summed E-state index contributed by atoms with van der Waals surface area (Å²) in [5.74, 6) is 1.35. The lowest BCUT2D eigenvalue weighted by atomic mass is 10.3. The van der Waals surface area contributed by atoms with Crippen LogP contribution in [-0.2, 0) is 4.79 Å². The minimum Gasteiger partial charge on any atom is -0.462 e. The van der Waals surface area contributed by atoms with E-state index < -0.39 is 0 Å². The van der Waals surface area contributed by atoms with Crippen LogP contribution < -0.4 is 5.01 Å². The molecule has 1 fully saturated rings. The van der Waals surface area contributed by atoms with Crippen molar-refractivity contribution in [2.75, 3.05) is 5.01 Å². The molecule has 2 aromatic heterocycles. The number of carbonyl (C=O) groups excluding carboxylic acids is 1. The van der Waals surface area contributed by atoms with E-state index in [4.69, 9.17) is 16.6 Å². The van der Waals surface area contributed by atoms with E-state index in [9.17, 15) is 4.79 Å². The third kappa shape index (κ3) is 2.45. The van der Waals surface area contributed by atoms with Crippen LogP contribution in [0.15, 0.2) is 33.6 Å².